The minimum absolute atomic E-state index is 0.992. The highest BCUT2D eigenvalue weighted by Crippen LogP contribution is 1.85. The van der Waals surface area contributed by atoms with Gasteiger partial charge in [0.2, 0.25) is 0 Å². The first kappa shape index (κ1) is 9.44. The van der Waals surface area contributed by atoms with Crippen molar-refractivity contribution in [1.82, 2.24) is 5.32 Å². The Morgan fingerprint density at radius 1 is 1.40 bits per heavy atom. The number of rotatable bonds is 6. The largest absolute Gasteiger partial charge is 0.317 e. The first-order valence-electron chi connectivity index (χ1n) is 3.88. The molecule has 0 aliphatic carbocycles. The van der Waals surface area contributed by atoms with E-state index in [1.165, 1.54) is 0 Å². The van der Waals surface area contributed by atoms with Crippen LogP contribution < -0.4 is 5.32 Å². The van der Waals surface area contributed by atoms with Gasteiger partial charge in [-0.1, -0.05) is 25.2 Å². The van der Waals surface area contributed by atoms with Gasteiger partial charge < -0.3 is 5.32 Å². The molecule has 0 saturated heterocycles. The SMILES string of the molecule is C=CCC=CCCNCC. The molecule has 0 aromatic rings. The van der Waals surface area contributed by atoms with Gasteiger partial charge in [0.25, 0.3) is 0 Å². The fraction of sp³-hybridized carbons (Fsp3) is 0.556. The summed E-state index contributed by atoms with van der Waals surface area (Å²) in [7, 11) is 0. The van der Waals surface area contributed by atoms with Crippen LogP contribution in [0.5, 0.6) is 0 Å². The zero-order chi connectivity index (χ0) is 7.66. The van der Waals surface area contributed by atoms with Gasteiger partial charge in [-0.15, -0.1) is 6.58 Å². The van der Waals surface area contributed by atoms with Crippen LogP contribution in [-0.4, -0.2) is 13.1 Å². The average Bonchev–Trinajstić information content (AvgIpc) is 1.97. The predicted molar refractivity (Wildman–Crippen MR) is 47.1 cm³/mol. The van der Waals surface area contributed by atoms with E-state index in [2.05, 4.69) is 31.0 Å². The molecule has 0 unspecified atom stereocenters. The smallest absolute Gasteiger partial charge is 0.00144 e. The molecule has 0 amide bonds. The van der Waals surface area contributed by atoms with Gasteiger partial charge in [-0.25, -0.2) is 0 Å². The molecule has 0 rings (SSSR count). The second kappa shape index (κ2) is 8.44. The molecular formula is C9H17N. The molecule has 1 N–H and O–H groups in total. The minimum atomic E-state index is 0.992. The molecule has 58 valence electrons. The summed E-state index contributed by atoms with van der Waals surface area (Å²) in [6, 6.07) is 0. The van der Waals surface area contributed by atoms with Gasteiger partial charge in [0.15, 0.2) is 0 Å². The number of allylic oxidation sites excluding steroid dienone is 2. The van der Waals surface area contributed by atoms with E-state index >= 15 is 0 Å². The third-order valence-corrected chi connectivity index (χ3v) is 1.21. The van der Waals surface area contributed by atoms with E-state index in [-0.39, 0.29) is 0 Å². The molecule has 10 heavy (non-hydrogen) atoms. The van der Waals surface area contributed by atoms with E-state index in [1.54, 1.807) is 0 Å². The Labute approximate surface area is 63.8 Å². The van der Waals surface area contributed by atoms with Crippen molar-refractivity contribution in [3.05, 3.63) is 24.8 Å². The molecule has 0 atom stereocenters. The van der Waals surface area contributed by atoms with Gasteiger partial charge in [-0.3, -0.25) is 0 Å². The van der Waals surface area contributed by atoms with Gasteiger partial charge in [0, 0.05) is 0 Å². The summed E-state index contributed by atoms with van der Waals surface area (Å²) < 4.78 is 0. The van der Waals surface area contributed by atoms with Gasteiger partial charge in [0.1, 0.15) is 0 Å². The fourth-order valence-corrected chi connectivity index (χ4v) is 0.672. The third-order valence-electron chi connectivity index (χ3n) is 1.21. The van der Waals surface area contributed by atoms with Crippen molar-refractivity contribution in [2.24, 2.45) is 0 Å². The third kappa shape index (κ3) is 7.44. The maximum Gasteiger partial charge on any atom is -0.00144 e. The van der Waals surface area contributed by atoms with Crippen LogP contribution in [0, 0.1) is 0 Å². The van der Waals surface area contributed by atoms with E-state index in [9.17, 15) is 0 Å². The normalized spacial score (nSPS) is 10.5. The zero-order valence-corrected chi connectivity index (χ0v) is 6.77. The van der Waals surface area contributed by atoms with Crippen LogP contribution in [0.3, 0.4) is 0 Å². The summed E-state index contributed by atoms with van der Waals surface area (Å²) in [5, 5.41) is 3.25. The Hall–Kier alpha value is -0.560. The number of hydrogen-bond donors (Lipinski definition) is 1. The Morgan fingerprint density at radius 2 is 2.20 bits per heavy atom. The van der Waals surface area contributed by atoms with Gasteiger partial charge in [0.05, 0.1) is 0 Å². The first-order chi connectivity index (χ1) is 4.91. The van der Waals surface area contributed by atoms with Crippen LogP contribution in [0.2, 0.25) is 0 Å². The first-order valence-corrected chi connectivity index (χ1v) is 3.88. The molecule has 0 aliphatic rings. The van der Waals surface area contributed by atoms with Crippen molar-refractivity contribution in [1.29, 1.82) is 0 Å². The average molecular weight is 139 g/mol. The second-order valence-electron chi connectivity index (χ2n) is 2.14. The molecule has 0 radical (unpaired) electrons. The standard InChI is InChI=1S/C9H17N/c1-3-5-6-7-8-9-10-4-2/h3,6-7,10H,1,4-5,8-9H2,2H3. The van der Waals surface area contributed by atoms with Gasteiger partial charge in [-0.05, 0) is 25.9 Å². The Morgan fingerprint density at radius 3 is 2.80 bits per heavy atom. The molecule has 0 spiro atoms. The summed E-state index contributed by atoms with van der Waals surface area (Å²) in [6.45, 7) is 7.90. The van der Waals surface area contributed by atoms with Crippen LogP contribution in [0.1, 0.15) is 19.8 Å². The lowest BCUT2D eigenvalue weighted by Gasteiger charge is -1.94. The fourth-order valence-electron chi connectivity index (χ4n) is 0.672. The van der Waals surface area contributed by atoms with Crippen molar-refractivity contribution < 1.29 is 0 Å². The summed E-state index contributed by atoms with van der Waals surface area (Å²) >= 11 is 0. The highest BCUT2D eigenvalue weighted by atomic mass is 14.8. The lowest BCUT2D eigenvalue weighted by atomic mass is 10.3. The van der Waals surface area contributed by atoms with E-state index in [0.29, 0.717) is 0 Å². The van der Waals surface area contributed by atoms with Crippen LogP contribution in [-0.2, 0) is 0 Å². The van der Waals surface area contributed by atoms with Crippen LogP contribution in [0.15, 0.2) is 24.8 Å². The zero-order valence-electron chi connectivity index (χ0n) is 6.77. The molecule has 0 saturated carbocycles. The summed E-state index contributed by atoms with van der Waals surface area (Å²) in [5.41, 5.74) is 0. The van der Waals surface area contributed by atoms with Crippen molar-refractivity contribution in [3.63, 3.8) is 0 Å². The van der Waals surface area contributed by atoms with Crippen molar-refractivity contribution in [3.8, 4) is 0 Å². The number of hydrogen-bond acceptors (Lipinski definition) is 1. The van der Waals surface area contributed by atoms with Crippen LogP contribution in [0.25, 0.3) is 0 Å². The van der Waals surface area contributed by atoms with E-state index in [4.69, 9.17) is 0 Å². The summed E-state index contributed by atoms with van der Waals surface area (Å²) in [6.07, 6.45) is 8.35. The Kier molecular flexibility index (Phi) is 7.97. The molecule has 0 bridgehead atoms. The highest BCUT2D eigenvalue weighted by molar-refractivity contribution is 4.88. The minimum Gasteiger partial charge on any atom is -0.317 e. The van der Waals surface area contributed by atoms with Crippen molar-refractivity contribution in [2.45, 2.75) is 19.8 Å². The Balaban J connectivity index is 2.94. The molecule has 0 heterocycles. The highest BCUT2D eigenvalue weighted by Gasteiger charge is 1.77. The monoisotopic (exact) mass is 139 g/mol. The molecule has 1 heteroatoms. The quantitative estimate of drug-likeness (QED) is 0.439. The van der Waals surface area contributed by atoms with Crippen molar-refractivity contribution in [2.75, 3.05) is 13.1 Å². The van der Waals surface area contributed by atoms with E-state index in [1.807, 2.05) is 6.08 Å². The molecule has 1 nitrogen and oxygen atoms in total. The van der Waals surface area contributed by atoms with Gasteiger partial charge >= 0.3 is 0 Å². The number of nitrogens with one attached hydrogen (secondary N) is 1. The van der Waals surface area contributed by atoms with Crippen molar-refractivity contribution >= 4 is 0 Å². The molecule has 0 fully saturated rings. The van der Waals surface area contributed by atoms with Gasteiger partial charge in [-0.2, -0.15) is 0 Å². The van der Waals surface area contributed by atoms with E-state index in [0.717, 1.165) is 25.9 Å². The lowest BCUT2D eigenvalue weighted by molar-refractivity contribution is 0.726. The maximum absolute atomic E-state index is 3.63. The maximum atomic E-state index is 3.63. The van der Waals surface area contributed by atoms with Crippen LogP contribution in [0.4, 0.5) is 0 Å². The van der Waals surface area contributed by atoms with Crippen LogP contribution >= 0.6 is 0 Å². The van der Waals surface area contributed by atoms with E-state index < -0.39 is 0 Å². The lowest BCUT2D eigenvalue weighted by Crippen LogP contribution is -2.12. The Bertz CT molecular complexity index is 94.9. The molecule has 0 aliphatic heterocycles. The summed E-state index contributed by atoms with van der Waals surface area (Å²) in [4.78, 5) is 0. The predicted octanol–water partition coefficient (Wildman–Crippen LogP) is 2.12. The molecular weight excluding hydrogens is 122 g/mol. The molecule has 0 aromatic carbocycles. The second-order valence-corrected chi connectivity index (χ2v) is 2.14. The topological polar surface area (TPSA) is 12.0 Å². The molecule has 0 aromatic heterocycles. The summed E-state index contributed by atoms with van der Waals surface area (Å²) in [5.74, 6) is 0.